The smallest absolute Gasteiger partial charge is 0.380 e. The van der Waals surface area contributed by atoms with E-state index in [1.807, 2.05) is 0 Å². The maximum absolute atomic E-state index is 13.2. The minimum Gasteiger partial charge on any atom is -0.380 e. The third kappa shape index (κ3) is 5.87. The van der Waals surface area contributed by atoms with Crippen LogP contribution in [0, 0.1) is 0 Å². The Bertz CT molecular complexity index is 1300. The van der Waals surface area contributed by atoms with Crippen LogP contribution in [0.5, 0.6) is 0 Å². The number of aliphatic hydroxyl groups is 1. The molecule has 0 aromatic carbocycles. The van der Waals surface area contributed by atoms with Crippen molar-refractivity contribution in [3.63, 3.8) is 0 Å². The molecule has 4 rings (SSSR count). The zero-order chi connectivity index (χ0) is 27.9. The molecule has 0 aliphatic carbocycles. The molecular formula is C21H16F9N7O. The van der Waals surface area contributed by atoms with Crippen molar-refractivity contribution in [2.24, 2.45) is 0 Å². The van der Waals surface area contributed by atoms with Crippen molar-refractivity contribution in [2.75, 3.05) is 23.3 Å². The van der Waals surface area contributed by atoms with Crippen molar-refractivity contribution in [2.45, 2.75) is 37.0 Å². The highest BCUT2D eigenvalue weighted by atomic mass is 19.4. The van der Waals surface area contributed by atoms with Crippen LogP contribution >= 0.6 is 0 Å². The second kappa shape index (κ2) is 9.52. The Kier molecular flexibility index (Phi) is 6.83. The van der Waals surface area contributed by atoms with Gasteiger partial charge in [0.25, 0.3) is 0 Å². The summed E-state index contributed by atoms with van der Waals surface area (Å²) < 4.78 is 118. The average molecular weight is 553 g/mol. The summed E-state index contributed by atoms with van der Waals surface area (Å²) in [6, 6.07) is 4.65. The van der Waals surface area contributed by atoms with Gasteiger partial charge in [-0.05, 0) is 24.3 Å². The second-order valence-corrected chi connectivity index (χ2v) is 8.26. The number of alkyl halides is 9. The first-order valence-electron chi connectivity index (χ1n) is 10.7. The highest BCUT2D eigenvalue weighted by molar-refractivity contribution is 5.59. The number of rotatable bonds is 4. The van der Waals surface area contributed by atoms with Crippen molar-refractivity contribution in [3.8, 4) is 11.5 Å². The minimum atomic E-state index is -4.89. The van der Waals surface area contributed by atoms with Gasteiger partial charge in [-0.2, -0.15) is 54.5 Å². The topological polar surface area (TPSA) is 100.0 Å². The third-order valence-electron chi connectivity index (χ3n) is 5.60. The number of anilines is 3. The monoisotopic (exact) mass is 553 g/mol. The van der Waals surface area contributed by atoms with Gasteiger partial charge in [-0.3, -0.25) is 4.98 Å². The number of pyridine rings is 2. The van der Waals surface area contributed by atoms with Crippen molar-refractivity contribution in [3.05, 3.63) is 47.9 Å². The summed E-state index contributed by atoms with van der Waals surface area (Å²) >= 11 is 0. The lowest BCUT2D eigenvalue weighted by molar-refractivity contribution is -0.266. The van der Waals surface area contributed by atoms with Gasteiger partial charge in [0.15, 0.2) is 11.4 Å². The van der Waals surface area contributed by atoms with Crippen LogP contribution in [0.15, 0.2) is 36.5 Å². The van der Waals surface area contributed by atoms with Gasteiger partial charge in [0.05, 0.1) is 0 Å². The van der Waals surface area contributed by atoms with Gasteiger partial charge in [0, 0.05) is 37.8 Å². The fourth-order valence-corrected chi connectivity index (χ4v) is 3.55. The number of aromatic nitrogens is 5. The van der Waals surface area contributed by atoms with E-state index in [0.29, 0.717) is 12.1 Å². The molecule has 0 spiro atoms. The molecule has 1 fully saturated rings. The molecule has 1 aliphatic rings. The summed E-state index contributed by atoms with van der Waals surface area (Å²) in [5.74, 6) is -1.13. The van der Waals surface area contributed by atoms with Gasteiger partial charge in [0.2, 0.25) is 11.9 Å². The summed E-state index contributed by atoms with van der Waals surface area (Å²) in [7, 11) is 0. The Hall–Kier alpha value is -3.76. The highest BCUT2D eigenvalue weighted by Crippen LogP contribution is 2.39. The van der Waals surface area contributed by atoms with E-state index in [1.54, 1.807) is 0 Å². The van der Waals surface area contributed by atoms with Crippen LogP contribution in [0.25, 0.3) is 11.5 Å². The molecular weight excluding hydrogens is 537 g/mol. The van der Waals surface area contributed by atoms with E-state index >= 15 is 0 Å². The Morgan fingerprint density at radius 3 is 2.08 bits per heavy atom. The first-order chi connectivity index (χ1) is 17.5. The summed E-state index contributed by atoms with van der Waals surface area (Å²) in [6.45, 7) is -0.773. The number of hydrogen-bond donors (Lipinski definition) is 2. The lowest BCUT2D eigenvalue weighted by atomic mass is 9.91. The predicted molar refractivity (Wildman–Crippen MR) is 113 cm³/mol. The molecule has 17 heteroatoms. The van der Waals surface area contributed by atoms with Crippen LogP contribution in [-0.4, -0.2) is 54.9 Å². The zero-order valence-corrected chi connectivity index (χ0v) is 18.8. The van der Waals surface area contributed by atoms with Gasteiger partial charge >= 0.3 is 18.5 Å². The molecule has 2 N–H and O–H groups in total. The molecule has 0 amide bonds. The number of piperidine rings is 1. The lowest BCUT2D eigenvalue weighted by Gasteiger charge is -2.39. The van der Waals surface area contributed by atoms with E-state index in [-0.39, 0.29) is 30.4 Å². The van der Waals surface area contributed by atoms with Crippen molar-refractivity contribution < 1.29 is 44.6 Å². The van der Waals surface area contributed by atoms with E-state index < -0.39 is 60.1 Å². The van der Waals surface area contributed by atoms with Gasteiger partial charge in [-0.1, -0.05) is 6.07 Å². The predicted octanol–water partition coefficient (Wildman–Crippen LogP) is 5.00. The van der Waals surface area contributed by atoms with Gasteiger partial charge in [0.1, 0.15) is 17.1 Å². The lowest BCUT2D eigenvalue weighted by Crippen LogP contribution is -2.53. The second-order valence-electron chi connectivity index (χ2n) is 8.26. The fourth-order valence-electron chi connectivity index (χ4n) is 3.55. The molecule has 0 unspecified atom stereocenters. The van der Waals surface area contributed by atoms with Crippen molar-refractivity contribution >= 4 is 17.6 Å². The number of hydrogen-bond acceptors (Lipinski definition) is 8. The third-order valence-corrected chi connectivity index (χ3v) is 5.60. The molecule has 8 nitrogen and oxygen atoms in total. The van der Waals surface area contributed by atoms with Crippen LogP contribution in [0.4, 0.5) is 57.1 Å². The van der Waals surface area contributed by atoms with Crippen LogP contribution < -0.4 is 10.2 Å². The minimum absolute atomic E-state index is 0.183. The van der Waals surface area contributed by atoms with E-state index in [4.69, 9.17) is 0 Å². The molecule has 204 valence electrons. The van der Waals surface area contributed by atoms with Crippen LogP contribution in [0.2, 0.25) is 0 Å². The molecule has 4 heterocycles. The Balaban J connectivity index is 1.73. The first-order valence-corrected chi connectivity index (χ1v) is 10.7. The van der Waals surface area contributed by atoms with Crippen LogP contribution in [-0.2, 0) is 12.4 Å². The van der Waals surface area contributed by atoms with E-state index in [1.165, 1.54) is 4.90 Å². The molecule has 3 aromatic rings. The molecule has 0 atom stereocenters. The summed E-state index contributed by atoms with van der Waals surface area (Å²) in [4.78, 5) is 20.0. The molecule has 38 heavy (non-hydrogen) atoms. The van der Waals surface area contributed by atoms with Gasteiger partial charge in [-0.15, -0.1) is 0 Å². The van der Waals surface area contributed by atoms with Gasteiger partial charge in [-0.25, -0.2) is 4.98 Å². The highest BCUT2D eigenvalue weighted by Gasteiger charge is 2.54. The van der Waals surface area contributed by atoms with Crippen molar-refractivity contribution in [1.29, 1.82) is 0 Å². The van der Waals surface area contributed by atoms with Gasteiger partial charge < -0.3 is 15.3 Å². The Labute approximate surface area is 207 Å². The fraction of sp³-hybridized carbons (Fsp3) is 0.381. The van der Waals surface area contributed by atoms with Crippen LogP contribution in [0.1, 0.15) is 24.2 Å². The van der Waals surface area contributed by atoms with E-state index in [9.17, 15) is 44.6 Å². The summed E-state index contributed by atoms with van der Waals surface area (Å²) in [5.41, 5.74) is -6.03. The molecule has 0 saturated carbocycles. The molecule has 3 aromatic heterocycles. The largest absolute Gasteiger partial charge is 0.433 e. The normalized spacial score (nSPS) is 16.4. The molecule has 0 radical (unpaired) electrons. The molecule has 0 bridgehead atoms. The zero-order valence-electron chi connectivity index (χ0n) is 18.8. The van der Waals surface area contributed by atoms with E-state index in [2.05, 4.69) is 30.2 Å². The quantitative estimate of drug-likeness (QED) is 0.436. The first kappa shape index (κ1) is 27.3. The number of nitrogens with zero attached hydrogens (tertiary/aromatic N) is 6. The maximum Gasteiger partial charge on any atom is 0.433 e. The number of halogens is 9. The SMILES string of the molecule is OC1(C(F)(F)F)CCN(c2nc(Nc3ccnc(C(F)(F)F)c3)nc(-c3cccc(C(F)(F)F)n3)n2)CC1. The molecule has 1 aliphatic heterocycles. The molecule has 1 saturated heterocycles. The Morgan fingerprint density at radius 2 is 1.47 bits per heavy atom. The van der Waals surface area contributed by atoms with E-state index in [0.717, 1.165) is 24.4 Å². The summed E-state index contributed by atoms with van der Waals surface area (Å²) in [6.07, 6.45) is -15.1. The summed E-state index contributed by atoms with van der Waals surface area (Å²) in [5, 5.41) is 12.4. The van der Waals surface area contributed by atoms with Crippen molar-refractivity contribution in [1.82, 2.24) is 24.9 Å². The Morgan fingerprint density at radius 1 is 0.816 bits per heavy atom. The van der Waals surface area contributed by atoms with Crippen LogP contribution in [0.3, 0.4) is 0 Å². The number of nitrogens with one attached hydrogen (secondary N) is 1. The average Bonchev–Trinajstić information content (AvgIpc) is 2.83. The maximum atomic E-state index is 13.2. The standard InChI is InChI=1S/C21H16F9N7O/c22-19(23,24)13-3-1-2-12(33-13)15-34-16(32-11-4-7-31-14(10-11)20(25,26)27)36-17(35-15)37-8-5-18(38,6-9-37)21(28,29)30/h1-4,7,10,38H,5-6,8-9H2,(H,31,32,34,35,36).